The molecule has 5 heteroatoms. The minimum Gasteiger partial charge on any atom is -0.347 e. The van der Waals surface area contributed by atoms with Crippen molar-refractivity contribution >= 4 is 28.5 Å². The Bertz CT molecular complexity index is 802. The average molecular weight is 326 g/mol. The zero-order valence-electron chi connectivity index (χ0n) is 14.0. The molecule has 0 unspecified atom stereocenters. The Hall–Kier alpha value is -2.01. The molecule has 0 saturated heterocycles. The van der Waals surface area contributed by atoms with Gasteiger partial charge in [-0.05, 0) is 30.2 Å². The number of benzene rings is 2. The molecule has 2 aromatic carbocycles. The smallest absolute Gasteiger partial charge is 0.227 e. The van der Waals surface area contributed by atoms with Gasteiger partial charge in [0.15, 0.2) is 5.16 Å². The minimum atomic E-state index is 0.331. The molecular formula is C18H22N4S. The highest BCUT2D eigenvalue weighted by atomic mass is 32.2. The summed E-state index contributed by atoms with van der Waals surface area (Å²) in [5.41, 5.74) is 1.33. The van der Waals surface area contributed by atoms with E-state index in [2.05, 4.69) is 71.1 Å². The van der Waals surface area contributed by atoms with Gasteiger partial charge < -0.3 is 4.90 Å². The summed E-state index contributed by atoms with van der Waals surface area (Å²) in [6.07, 6.45) is 0. The van der Waals surface area contributed by atoms with Crippen LogP contribution in [-0.4, -0.2) is 28.9 Å². The van der Waals surface area contributed by atoms with Crippen molar-refractivity contribution in [2.75, 3.05) is 19.0 Å². The number of thioether (sulfide) groups is 1. The lowest BCUT2D eigenvalue weighted by molar-refractivity contribution is 0.549. The highest BCUT2D eigenvalue weighted by Crippen LogP contribution is 2.30. The largest absolute Gasteiger partial charge is 0.347 e. The molecule has 1 heterocycles. The van der Waals surface area contributed by atoms with Crippen molar-refractivity contribution in [1.82, 2.24) is 14.8 Å². The molecule has 23 heavy (non-hydrogen) atoms. The van der Waals surface area contributed by atoms with Crippen LogP contribution in [0.15, 0.2) is 47.6 Å². The van der Waals surface area contributed by atoms with E-state index in [1.807, 2.05) is 19.0 Å². The van der Waals surface area contributed by atoms with Crippen molar-refractivity contribution < 1.29 is 0 Å². The van der Waals surface area contributed by atoms with E-state index >= 15 is 0 Å². The van der Waals surface area contributed by atoms with E-state index in [1.165, 1.54) is 16.3 Å². The summed E-state index contributed by atoms with van der Waals surface area (Å²) >= 11 is 1.74. The molecule has 0 spiro atoms. The molecular weight excluding hydrogens is 304 g/mol. The van der Waals surface area contributed by atoms with Crippen molar-refractivity contribution in [1.29, 1.82) is 0 Å². The molecule has 0 N–H and O–H groups in total. The highest BCUT2D eigenvalue weighted by molar-refractivity contribution is 7.98. The van der Waals surface area contributed by atoms with Crippen LogP contribution in [0.5, 0.6) is 0 Å². The number of nitrogens with zero attached hydrogens (tertiary/aromatic N) is 4. The van der Waals surface area contributed by atoms with E-state index in [-0.39, 0.29) is 0 Å². The summed E-state index contributed by atoms with van der Waals surface area (Å²) in [6.45, 7) is 4.33. The first-order valence-electron chi connectivity index (χ1n) is 7.79. The van der Waals surface area contributed by atoms with Gasteiger partial charge >= 0.3 is 0 Å². The Morgan fingerprint density at radius 1 is 1.04 bits per heavy atom. The normalized spacial score (nSPS) is 11.3. The Morgan fingerprint density at radius 3 is 2.52 bits per heavy atom. The van der Waals surface area contributed by atoms with Gasteiger partial charge in [0.05, 0.1) is 0 Å². The molecule has 0 aliphatic heterocycles. The summed E-state index contributed by atoms with van der Waals surface area (Å²) in [6, 6.07) is 15.3. The van der Waals surface area contributed by atoms with Gasteiger partial charge in [-0.3, -0.25) is 4.57 Å². The van der Waals surface area contributed by atoms with Crippen LogP contribution in [-0.2, 0) is 5.75 Å². The fourth-order valence-corrected chi connectivity index (χ4v) is 3.75. The molecule has 120 valence electrons. The van der Waals surface area contributed by atoms with Crippen molar-refractivity contribution in [3.05, 3.63) is 48.0 Å². The summed E-state index contributed by atoms with van der Waals surface area (Å²) in [5.74, 6) is 1.79. The number of hydrogen-bond donors (Lipinski definition) is 0. The Balaban J connectivity index is 1.88. The Kier molecular flexibility index (Phi) is 4.57. The summed E-state index contributed by atoms with van der Waals surface area (Å²) in [5, 5.41) is 12.3. The zero-order chi connectivity index (χ0) is 16.4. The van der Waals surface area contributed by atoms with E-state index in [9.17, 15) is 0 Å². The number of hydrogen-bond acceptors (Lipinski definition) is 4. The summed E-state index contributed by atoms with van der Waals surface area (Å²) < 4.78 is 2.19. The predicted octanol–water partition coefficient (Wildman–Crippen LogP) is 4.37. The lowest BCUT2D eigenvalue weighted by Gasteiger charge is -2.17. The fourth-order valence-electron chi connectivity index (χ4n) is 2.69. The van der Waals surface area contributed by atoms with Crippen LogP contribution >= 0.6 is 11.8 Å². The third kappa shape index (κ3) is 3.20. The number of rotatable bonds is 5. The maximum Gasteiger partial charge on any atom is 0.227 e. The number of fused-ring (bicyclic) bond motifs is 1. The molecule has 0 radical (unpaired) electrons. The van der Waals surface area contributed by atoms with Gasteiger partial charge in [-0.15, -0.1) is 10.2 Å². The molecule has 1 aromatic heterocycles. The topological polar surface area (TPSA) is 34.0 Å². The van der Waals surface area contributed by atoms with Gasteiger partial charge in [-0.1, -0.05) is 54.2 Å². The molecule has 0 amide bonds. The van der Waals surface area contributed by atoms with Gasteiger partial charge in [0.1, 0.15) is 0 Å². The molecule has 0 bridgehead atoms. The van der Waals surface area contributed by atoms with E-state index in [1.54, 1.807) is 11.8 Å². The van der Waals surface area contributed by atoms with Gasteiger partial charge in [-0.2, -0.15) is 0 Å². The van der Waals surface area contributed by atoms with E-state index in [0.29, 0.717) is 6.04 Å². The lowest BCUT2D eigenvalue weighted by Crippen LogP contribution is -2.17. The molecule has 0 atom stereocenters. The van der Waals surface area contributed by atoms with Crippen molar-refractivity contribution in [3.63, 3.8) is 0 Å². The first kappa shape index (κ1) is 15.9. The van der Waals surface area contributed by atoms with Crippen molar-refractivity contribution in [2.45, 2.75) is 30.8 Å². The Morgan fingerprint density at radius 2 is 1.78 bits per heavy atom. The van der Waals surface area contributed by atoms with Crippen molar-refractivity contribution in [3.8, 4) is 0 Å². The summed E-state index contributed by atoms with van der Waals surface area (Å²) in [4.78, 5) is 2.01. The van der Waals surface area contributed by atoms with E-state index in [0.717, 1.165) is 16.9 Å². The lowest BCUT2D eigenvalue weighted by atomic mass is 10.1. The molecule has 0 aliphatic rings. The third-order valence-electron chi connectivity index (χ3n) is 3.80. The SMILES string of the molecule is CC(C)n1c(SCc2cccc3ccccc23)nnc1N(C)C. The van der Waals surface area contributed by atoms with Gasteiger partial charge in [0, 0.05) is 25.9 Å². The maximum atomic E-state index is 4.39. The number of anilines is 1. The molecule has 3 rings (SSSR count). The molecule has 0 fully saturated rings. The van der Waals surface area contributed by atoms with Crippen LogP contribution in [0.4, 0.5) is 5.95 Å². The standard InChI is InChI=1S/C18H22N4S/c1-13(2)22-17(21(3)4)19-20-18(22)23-12-15-10-7-9-14-8-5-6-11-16(14)15/h5-11,13H,12H2,1-4H3. The summed E-state index contributed by atoms with van der Waals surface area (Å²) in [7, 11) is 4.00. The van der Waals surface area contributed by atoms with Crippen LogP contribution in [0, 0.1) is 0 Å². The third-order valence-corrected chi connectivity index (χ3v) is 4.79. The second-order valence-corrected chi connectivity index (χ2v) is 7.01. The maximum absolute atomic E-state index is 4.39. The zero-order valence-corrected chi connectivity index (χ0v) is 14.8. The second kappa shape index (κ2) is 6.62. The van der Waals surface area contributed by atoms with Crippen LogP contribution in [0.3, 0.4) is 0 Å². The van der Waals surface area contributed by atoms with Crippen LogP contribution in [0.2, 0.25) is 0 Å². The highest BCUT2D eigenvalue weighted by Gasteiger charge is 2.16. The quantitative estimate of drug-likeness (QED) is 0.652. The minimum absolute atomic E-state index is 0.331. The number of aromatic nitrogens is 3. The first-order chi connectivity index (χ1) is 11.1. The first-order valence-corrected chi connectivity index (χ1v) is 8.78. The van der Waals surface area contributed by atoms with Gasteiger partial charge in [0.25, 0.3) is 0 Å². The molecule has 0 saturated carbocycles. The van der Waals surface area contributed by atoms with Crippen molar-refractivity contribution in [2.24, 2.45) is 0 Å². The van der Waals surface area contributed by atoms with E-state index in [4.69, 9.17) is 0 Å². The van der Waals surface area contributed by atoms with Gasteiger partial charge in [0.2, 0.25) is 5.95 Å². The van der Waals surface area contributed by atoms with Crippen LogP contribution in [0.1, 0.15) is 25.5 Å². The monoisotopic (exact) mass is 326 g/mol. The molecule has 3 aromatic rings. The van der Waals surface area contributed by atoms with Crippen LogP contribution in [0.25, 0.3) is 10.8 Å². The van der Waals surface area contributed by atoms with Crippen LogP contribution < -0.4 is 4.90 Å². The predicted molar refractivity (Wildman–Crippen MR) is 98.2 cm³/mol. The average Bonchev–Trinajstić information content (AvgIpc) is 2.97. The van der Waals surface area contributed by atoms with E-state index < -0.39 is 0 Å². The molecule has 4 nitrogen and oxygen atoms in total. The fraction of sp³-hybridized carbons (Fsp3) is 0.333. The molecule has 0 aliphatic carbocycles. The van der Waals surface area contributed by atoms with Gasteiger partial charge in [-0.25, -0.2) is 0 Å². The second-order valence-electron chi connectivity index (χ2n) is 6.07. The Labute approximate surface area is 141 Å².